The van der Waals surface area contributed by atoms with Gasteiger partial charge in [0.2, 0.25) is 11.8 Å². The number of thiazole rings is 1. The quantitative estimate of drug-likeness (QED) is 0.434. The molecule has 32 heavy (non-hydrogen) atoms. The number of nitrogens with zero attached hydrogens (tertiary/aromatic N) is 2. The lowest BCUT2D eigenvalue weighted by atomic mass is 9.90. The number of hydrogen-bond acceptors (Lipinski definition) is 6. The van der Waals surface area contributed by atoms with E-state index in [1.54, 1.807) is 38.2 Å². The molecule has 1 aromatic heterocycles. The summed E-state index contributed by atoms with van der Waals surface area (Å²) >= 11 is 1.33. The van der Waals surface area contributed by atoms with Crippen LogP contribution in [0.5, 0.6) is 0 Å². The molecule has 0 saturated carbocycles. The van der Waals surface area contributed by atoms with E-state index >= 15 is 0 Å². The van der Waals surface area contributed by atoms with Crippen LogP contribution in [0.3, 0.4) is 0 Å². The summed E-state index contributed by atoms with van der Waals surface area (Å²) in [6.45, 7) is 13.7. The number of amides is 2. The Morgan fingerprint density at radius 1 is 1.22 bits per heavy atom. The summed E-state index contributed by atoms with van der Waals surface area (Å²) in [5.41, 5.74) is -0.738. The van der Waals surface area contributed by atoms with E-state index in [9.17, 15) is 14.4 Å². The van der Waals surface area contributed by atoms with Crippen LogP contribution in [0.4, 0.5) is 0 Å². The highest BCUT2D eigenvalue weighted by Gasteiger charge is 2.36. The topological polar surface area (TPSA) is 112 Å². The van der Waals surface area contributed by atoms with Crippen LogP contribution in [0.1, 0.15) is 82.7 Å². The van der Waals surface area contributed by atoms with Gasteiger partial charge in [-0.15, -0.1) is 11.3 Å². The standard InChI is InChI=1S/C23H40N4O4S/c1-10-14(4)18(26-22(31)23(6,7)24-8)20(28)27(9)17(13(2)3)11-15(5)19-25-16(12-32-19)21(29)30/h12-15,17-18,24H,10-11H2,1-9H3,(H,26,31)(H,29,30)/t14-,15+,17+,18-/m0/s1. The Bertz CT molecular complexity index is 793. The van der Waals surface area contributed by atoms with E-state index in [4.69, 9.17) is 5.11 Å². The number of hydrogen-bond donors (Lipinski definition) is 3. The number of carbonyl (C=O) groups is 3. The SMILES string of the molecule is CC[C@H](C)[C@H](NC(=O)C(C)(C)NC)C(=O)N(C)[C@H](C[C@@H](C)c1nc(C(=O)O)cs1)C(C)C. The summed E-state index contributed by atoms with van der Waals surface area (Å²) in [6, 6.07) is -0.712. The zero-order valence-corrected chi connectivity index (χ0v) is 21.7. The van der Waals surface area contributed by atoms with Crippen LogP contribution in [0.15, 0.2) is 5.38 Å². The van der Waals surface area contributed by atoms with Gasteiger partial charge >= 0.3 is 5.97 Å². The average Bonchev–Trinajstić information content (AvgIpc) is 3.24. The van der Waals surface area contributed by atoms with Gasteiger partial charge in [0.15, 0.2) is 5.69 Å². The molecular weight excluding hydrogens is 428 g/mol. The van der Waals surface area contributed by atoms with E-state index in [-0.39, 0.29) is 41.3 Å². The highest BCUT2D eigenvalue weighted by atomic mass is 32.1. The highest BCUT2D eigenvalue weighted by molar-refractivity contribution is 7.09. The van der Waals surface area contributed by atoms with Gasteiger partial charge in [0, 0.05) is 24.4 Å². The molecule has 0 fully saturated rings. The van der Waals surface area contributed by atoms with Gasteiger partial charge in [-0.05, 0) is 39.2 Å². The number of likely N-dealkylation sites (N-methyl/N-ethyl adjacent to an activating group) is 2. The van der Waals surface area contributed by atoms with Gasteiger partial charge in [-0.1, -0.05) is 41.0 Å². The molecular formula is C23H40N4O4S. The zero-order chi connectivity index (χ0) is 24.8. The van der Waals surface area contributed by atoms with Crippen molar-refractivity contribution in [3.8, 4) is 0 Å². The molecule has 2 amide bonds. The molecule has 0 saturated heterocycles. The summed E-state index contributed by atoms with van der Waals surface area (Å²) < 4.78 is 0. The molecule has 0 aliphatic carbocycles. The number of aromatic nitrogens is 1. The zero-order valence-electron chi connectivity index (χ0n) is 20.9. The fourth-order valence-electron chi connectivity index (χ4n) is 3.45. The Labute approximate surface area is 196 Å². The third-order valence-corrected chi connectivity index (χ3v) is 7.41. The Hall–Kier alpha value is -2.00. The molecule has 0 radical (unpaired) electrons. The van der Waals surface area contributed by atoms with Crippen LogP contribution in [-0.4, -0.2) is 64.5 Å². The second kappa shape index (κ2) is 11.7. The Kier molecular flexibility index (Phi) is 10.3. The van der Waals surface area contributed by atoms with Crippen molar-refractivity contribution < 1.29 is 19.5 Å². The smallest absolute Gasteiger partial charge is 0.355 e. The van der Waals surface area contributed by atoms with E-state index in [0.29, 0.717) is 6.42 Å². The van der Waals surface area contributed by atoms with Gasteiger partial charge in [-0.3, -0.25) is 9.59 Å². The van der Waals surface area contributed by atoms with Crippen LogP contribution in [0, 0.1) is 11.8 Å². The van der Waals surface area contributed by atoms with Crippen molar-refractivity contribution in [2.24, 2.45) is 11.8 Å². The number of carboxylic acids is 1. The first-order valence-electron chi connectivity index (χ1n) is 11.2. The molecule has 0 aromatic carbocycles. The fraction of sp³-hybridized carbons (Fsp3) is 0.739. The van der Waals surface area contributed by atoms with Crippen LogP contribution >= 0.6 is 11.3 Å². The maximum Gasteiger partial charge on any atom is 0.355 e. The van der Waals surface area contributed by atoms with Crippen LogP contribution in [-0.2, 0) is 9.59 Å². The van der Waals surface area contributed by atoms with Crippen molar-refractivity contribution in [3.05, 3.63) is 16.1 Å². The molecule has 0 aliphatic heterocycles. The first-order valence-corrected chi connectivity index (χ1v) is 12.1. The fourth-order valence-corrected chi connectivity index (χ4v) is 4.32. The van der Waals surface area contributed by atoms with Crippen molar-refractivity contribution in [2.45, 2.75) is 84.8 Å². The molecule has 0 spiro atoms. The lowest BCUT2D eigenvalue weighted by molar-refractivity contribution is -0.140. The maximum atomic E-state index is 13.6. The predicted octanol–water partition coefficient (Wildman–Crippen LogP) is 3.35. The van der Waals surface area contributed by atoms with E-state index in [1.807, 2.05) is 20.8 Å². The van der Waals surface area contributed by atoms with Gasteiger partial charge in [0.05, 0.1) is 10.5 Å². The number of carboxylic acid groups (broad SMARTS) is 1. The number of rotatable bonds is 12. The summed E-state index contributed by atoms with van der Waals surface area (Å²) in [5, 5.41) is 17.4. The Balaban J connectivity index is 3.08. The summed E-state index contributed by atoms with van der Waals surface area (Å²) in [6.07, 6.45) is 1.40. The first kappa shape index (κ1) is 28.0. The molecule has 4 atom stereocenters. The van der Waals surface area contributed by atoms with Crippen molar-refractivity contribution in [3.63, 3.8) is 0 Å². The van der Waals surface area contributed by atoms with Crippen LogP contribution < -0.4 is 10.6 Å². The van der Waals surface area contributed by atoms with Gasteiger partial charge in [-0.2, -0.15) is 0 Å². The minimum atomic E-state index is -1.04. The Morgan fingerprint density at radius 3 is 2.25 bits per heavy atom. The van der Waals surface area contributed by atoms with Gasteiger partial charge in [0.25, 0.3) is 0 Å². The molecule has 0 bridgehead atoms. The van der Waals surface area contributed by atoms with E-state index in [0.717, 1.165) is 11.4 Å². The molecule has 9 heteroatoms. The molecule has 8 nitrogen and oxygen atoms in total. The van der Waals surface area contributed by atoms with Gasteiger partial charge in [0.1, 0.15) is 6.04 Å². The second-order valence-corrected chi connectivity index (χ2v) is 10.4. The molecule has 0 aliphatic rings. The van der Waals surface area contributed by atoms with Crippen LogP contribution in [0.2, 0.25) is 0 Å². The number of carbonyl (C=O) groups excluding carboxylic acids is 2. The van der Waals surface area contributed by atoms with Crippen molar-refractivity contribution in [2.75, 3.05) is 14.1 Å². The molecule has 1 rings (SSSR count). The van der Waals surface area contributed by atoms with Gasteiger partial charge in [-0.25, -0.2) is 9.78 Å². The lowest BCUT2D eigenvalue weighted by Crippen LogP contribution is -2.59. The third-order valence-electron chi connectivity index (χ3n) is 6.33. The molecule has 3 N–H and O–H groups in total. The number of nitrogens with one attached hydrogen (secondary N) is 2. The van der Waals surface area contributed by atoms with Crippen molar-refractivity contribution >= 4 is 29.1 Å². The highest BCUT2D eigenvalue weighted by Crippen LogP contribution is 2.29. The minimum Gasteiger partial charge on any atom is -0.476 e. The van der Waals surface area contributed by atoms with Gasteiger partial charge < -0.3 is 20.6 Å². The molecule has 182 valence electrons. The minimum absolute atomic E-state index is 0.00406. The summed E-state index contributed by atoms with van der Waals surface area (Å²) in [7, 11) is 3.51. The molecule has 0 unspecified atom stereocenters. The Morgan fingerprint density at radius 2 is 1.81 bits per heavy atom. The normalized spacial score (nSPS) is 15.7. The van der Waals surface area contributed by atoms with Crippen molar-refractivity contribution in [1.82, 2.24) is 20.5 Å². The van der Waals surface area contributed by atoms with Crippen molar-refractivity contribution in [1.29, 1.82) is 0 Å². The van der Waals surface area contributed by atoms with E-state index < -0.39 is 17.6 Å². The first-order chi connectivity index (χ1) is 14.8. The van der Waals surface area contributed by atoms with Crippen LogP contribution in [0.25, 0.3) is 0 Å². The largest absolute Gasteiger partial charge is 0.476 e. The van der Waals surface area contributed by atoms with E-state index in [1.165, 1.54) is 11.3 Å². The monoisotopic (exact) mass is 468 g/mol. The third kappa shape index (κ3) is 7.00. The molecule has 1 aromatic rings. The average molecular weight is 469 g/mol. The lowest BCUT2D eigenvalue weighted by Gasteiger charge is -2.37. The predicted molar refractivity (Wildman–Crippen MR) is 128 cm³/mol. The summed E-state index contributed by atoms with van der Waals surface area (Å²) in [5.74, 6) is -1.22. The molecule has 1 heterocycles. The summed E-state index contributed by atoms with van der Waals surface area (Å²) in [4.78, 5) is 43.5. The number of aromatic carboxylic acids is 1. The van der Waals surface area contributed by atoms with E-state index in [2.05, 4.69) is 29.5 Å². The second-order valence-electron chi connectivity index (χ2n) is 9.49. The maximum absolute atomic E-state index is 13.6.